The van der Waals surface area contributed by atoms with E-state index in [-0.39, 0.29) is 19.2 Å². The molecule has 0 fully saturated rings. The number of rotatable bonds is 36. The number of unbranched alkanes of at least 4 members (excludes halogenated alkanes) is 14. The van der Waals surface area contributed by atoms with Gasteiger partial charge in [-0.1, -0.05) is 163 Å². The molecule has 0 aliphatic carbocycles. The van der Waals surface area contributed by atoms with Gasteiger partial charge in [-0.15, -0.1) is 0 Å². The molecule has 0 radical (unpaired) electrons. The summed E-state index contributed by atoms with van der Waals surface area (Å²) in [7, 11) is 0. The Morgan fingerprint density at radius 2 is 0.857 bits per heavy atom. The summed E-state index contributed by atoms with van der Waals surface area (Å²) in [5.74, 6) is -0.234. The Balaban J connectivity index is 3.48. The Kier molecular flexibility index (Phi) is 39.7. The molecule has 0 aromatic rings. The first-order valence-corrected chi connectivity index (χ1v) is 20.2. The molecule has 4 heteroatoms. The lowest BCUT2D eigenvalue weighted by atomic mass is 10.1. The van der Waals surface area contributed by atoms with Gasteiger partial charge in [0.25, 0.3) is 0 Å². The first-order chi connectivity index (χ1) is 24.2. The largest absolute Gasteiger partial charge is 0.457 e. The molecule has 0 amide bonds. The zero-order chi connectivity index (χ0) is 35.6. The monoisotopic (exact) mass is 681 g/mol. The van der Waals surface area contributed by atoms with Crippen LogP contribution in [0.15, 0.2) is 85.1 Å². The number of hydrogen-bond acceptors (Lipinski definition) is 4. The SMILES string of the molecule is CC/C=C\C/C=C\C/C=C\C/C=C\CCCCCCCCCCCCCOCC(CO)OC(=O)CCCCC/C=C\C/C=C\C/C=C\CC. The Morgan fingerprint density at radius 3 is 1.29 bits per heavy atom. The number of esters is 1. The fraction of sp³-hybridized carbons (Fsp3) is 0.667. The van der Waals surface area contributed by atoms with Crippen molar-refractivity contribution in [3.63, 3.8) is 0 Å². The molecule has 0 aromatic heterocycles. The Bertz CT molecular complexity index is 892. The second-order valence-corrected chi connectivity index (χ2v) is 12.9. The number of carbonyl (C=O) groups is 1. The van der Waals surface area contributed by atoms with E-state index in [0.717, 1.165) is 77.0 Å². The van der Waals surface area contributed by atoms with Gasteiger partial charge in [-0.2, -0.15) is 0 Å². The first kappa shape index (κ1) is 46.6. The van der Waals surface area contributed by atoms with Crippen LogP contribution >= 0.6 is 0 Å². The van der Waals surface area contributed by atoms with Gasteiger partial charge in [0.05, 0.1) is 13.2 Å². The third-order valence-corrected chi connectivity index (χ3v) is 8.22. The molecule has 0 bridgehead atoms. The molecule has 0 saturated carbocycles. The molecule has 0 aromatic carbocycles. The summed E-state index contributed by atoms with van der Waals surface area (Å²) >= 11 is 0. The van der Waals surface area contributed by atoms with Gasteiger partial charge in [-0.05, 0) is 83.5 Å². The summed E-state index contributed by atoms with van der Waals surface area (Å²) in [4.78, 5) is 12.1. The van der Waals surface area contributed by atoms with Crippen molar-refractivity contribution >= 4 is 5.97 Å². The van der Waals surface area contributed by atoms with Crippen molar-refractivity contribution in [2.24, 2.45) is 0 Å². The smallest absolute Gasteiger partial charge is 0.306 e. The quantitative estimate of drug-likeness (QED) is 0.0406. The highest BCUT2D eigenvalue weighted by Crippen LogP contribution is 2.13. The average Bonchev–Trinajstić information content (AvgIpc) is 3.11. The number of allylic oxidation sites excluding steroid dienone is 14. The van der Waals surface area contributed by atoms with Gasteiger partial charge < -0.3 is 14.6 Å². The number of ether oxygens (including phenoxy) is 2. The molecular formula is C45H76O4. The van der Waals surface area contributed by atoms with E-state index in [1.54, 1.807) is 0 Å². The van der Waals surface area contributed by atoms with E-state index >= 15 is 0 Å². The fourth-order valence-corrected chi connectivity index (χ4v) is 5.27. The minimum atomic E-state index is -0.555. The third-order valence-electron chi connectivity index (χ3n) is 8.22. The normalized spacial score (nSPS) is 13.3. The number of hydrogen-bond donors (Lipinski definition) is 1. The topological polar surface area (TPSA) is 55.8 Å². The fourth-order valence-electron chi connectivity index (χ4n) is 5.27. The van der Waals surface area contributed by atoms with E-state index in [1.807, 2.05) is 0 Å². The van der Waals surface area contributed by atoms with Crippen molar-refractivity contribution in [3.05, 3.63) is 85.1 Å². The molecule has 280 valence electrons. The van der Waals surface area contributed by atoms with Crippen molar-refractivity contribution < 1.29 is 19.4 Å². The first-order valence-electron chi connectivity index (χ1n) is 20.2. The molecule has 0 aliphatic rings. The molecule has 0 rings (SSSR count). The maximum Gasteiger partial charge on any atom is 0.306 e. The van der Waals surface area contributed by atoms with Crippen LogP contribution in [0.2, 0.25) is 0 Å². The van der Waals surface area contributed by atoms with E-state index < -0.39 is 6.10 Å². The van der Waals surface area contributed by atoms with Crippen molar-refractivity contribution in [2.75, 3.05) is 19.8 Å². The van der Waals surface area contributed by atoms with Gasteiger partial charge in [0, 0.05) is 13.0 Å². The molecule has 0 spiro atoms. The highest BCUT2D eigenvalue weighted by Gasteiger charge is 2.13. The molecule has 1 N–H and O–H groups in total. The minimum absolute atomic E-state index is 0.189. The van der Waals surface area contributed by atoms with E-state index in [9.17, 15) is 9.90 Å². The summed E-state index contributed by atoms with van der Waals surface area (Å²) in [6, 6.07) is 0. The predicted octanol–water partition coefficient (Wildman–Crippen LogP) is 13.2. The molecule has 4 nitrogen and oxygen atoms in total. The van der Waals surface area contributed by atoms with Crippen LogP contribution in [0.25, 0.3) is 0 Å². The zero-order valence-electron chi connectivity index (χ0n) is 31.9. The predicted molar refractivity (Wildman–Crippen MR) is 214 cm³/mol. The minimum Gasteiger partial charge on any atom is -0.457 e. The maximum absolute atomic E-state index is 12.1. The van der Waals surface area contributed by atoms with E-state index in [4.69, 9.17) is 9.47 Å². The van der Waals surface area contributed by atoms with Crippen LogP contribution in [-0.2, 0) is 14.3 Å². The second kappa shape index (κ2) is 41.7. The van der Waals surface area contributed by atoms with Crippen LogP contribution < -0.4 is 0 Å². The molecule has 1 unspecified atom stereocenters. The van der Waals surface area contributed by atoms with Crippen LogP contribution in [0, 0.1) is 0 Å². The van der Waals surface area contributed by atoms with Crippen LogP contribution in [0.3, 0.4) is 0 Å². The van der Waals surface area contributed by atoms with Crippen molar-refractivity contribution in [3.8, 4) is 0 Å². The lowest BCUT2D eigenvalue weighted by molar-refractivity contribution is -0.154. The van der Waals surface area contributed by atoms with Gasteiger partial charge in [0.2, 0.25) is 0 Å². The number of carbonyl (C=O) groups excluding carboxylic acids is 1. The maximum atomic E-state index is 12.1. The molecule has 0 saturated heterocycles. The van der Waals surface area contributed by atoms with Gasteiger partial charge >= 0.3 is 5.97 Å². The van der Waals surface area contributed by atoms with E-state index in [2.05, 4.69) is 98.9 Å². The van der Waals surface area contributed by atoms with Crippen LogP contribution in [0.1, 0.15) is 168 Å². The van der Waals surface area contributed by atoms with Crippen molar-refractivity contribution in [1.29, 1.82) is 0 Å². The Hall–Kier alpha value is -2.43. The summed E-state index contributed by atoms with van der Waals surface area (Å²) in [5.41, 5.74) is 0. The lowest BCUT2D eigenvalue weighted by Crippen LogP contribution is -2.27. The number of aliphatic hydroxyl groups is 1. The number of aliphatic hydroxyl groups excluding tert-OH is 1. The molecular weight excluding hydrogens is 604 g/mol. The van der Waals surface area contributed by atoms with Gasteiger partial charge in [0.15, 0.2) is 0 Å². The Morgan fingerprint density at radius 1 is 0.490 bits per heavy atom. The van der Waals surface area contributed by atoms with Gasteiger partial charge in [0.1, 0.15) is 6.10 Å². The second-order valence-electron chi connectivity index (χ2n) is 12.9. The van der Waals surface area contributed by atoms with Crippen LogP contribution in [-0.4, -0.2) is 37.0 Å². The van der Waals surface area contributed by atoms with E-state index in [1.165, 1.54) is 70.6 Å². The average molecular weight is 681 g/mol. The summed E-state index contributed by atoms with van der Waals surface area (Å²) in [6.45, 7) is 5.07. The summed E-state index contributed by atoms with van der Waals surface area (Å²) in [6.07, 6.45) is 57.8. The molecule has 0 heterocycles. The summed E-state index contributed by atoms with van der Waals surface area (Å²) < 4.78 is 11.1. The molecule has 49 heavy (non-hydrogen) atoms. The third kappa shape index (κ3) is 39.9. The van der Waals surface area contributed by atoms with Crippen molar-refractivity contribution in [1.82, 2.24) is 0 Å². The molecule has 0 aliphatic heterocycles. The van der Waals surface area contributed by atoms with Crippen molar-refractivity contribution in [2.45, 2.75) is 174 Å². The van der Waals surface area contributed by atoms with E-state index in [0.29, 0.717) is 13.0 Å². The Labute approximate surface area is 303 Å². The zero-order valence-corrected chi connectivity index (χ0v) is 31.9. The highest BCUT2D eigenvalue weighted by molar-refractivity contribution is 5.69. The standard InChI is InChI=1S/C45H76O4/c1-3-5-7-9-11-13-15-17-18-19-20-21-22-23-24-25-26-27-29-31-33-35-37-39-41-48-43-44(42-46)49-45(47)40-38-36-34-32-30-28-16-14-12-10-8-6-4-2/h5-8,11-14,17-18,20-21,28,30,44,46H,3-4,9-10,15-16,19,22-27,29,31-43H2,1-2H3/b7-5-,8-6-,13-11-,14-12-,18-17-,21-20-,30-28-. The van der Waals surface area contributed by atoms with Gasteiger partial charge in [-0.25, -0.2) is 0 Å². The van der Waals surface area contributed by atoms with Crippen LogP contribution in [0.5, 0.6) is 0 Å². The summed E-state index contributed by atoms with van der Waals surface area (Å²) in [5, 5.41) is 9.57. The lowest BCUT2D eigenvalue weighted by Gasteiger charge is -2.15. The van der Waals surface area contributed by atoms with Crippen LogP contribution in [0.4, 0.5) is 0 Å². The highest BCUT2D eigenvalue weighted by atomic mass is 16.6. The molecule has 1 atom stereocenters. The van der Waals surface area contributed by atoms with Gasteiger partial charge in [-0.3, -0.25) is 4.79 Å².